The zero-order valence-electron chi connectivity index (χ0n) is 7.93. The van der Waals surface area contributed by atoms with E-state index in [-0.39, 0.29) is 0 Å². The molecule has 0 saturated carbocycles. The van der Waals surface area contributed by atoms with E-state index in [1.807, 2.05) is 6.20 Å². The second kappa shape index (κ2) is 7.61. The molecule has 0 radical (unpaired) electrons. The minimum atomic E-state index is 1.08. The molecule has 0 aliphatic heterocycles. The molecule has 0 fully saturated rings. The molecule has 0 spiro atoms. The molecule has 0 saturated heterocycles. The lowest BCUT2D eigenvalue weighted by Crippen LogP contribution is -2.18. The second-order valence-corrected chi connectivity index (χ2v) is 2.92. The summed E-state index contributed by atoms with van der Waals surface area (Å²) in [5.74, 6) is 0. The van der Waals surface area contributed by atoms with E-state index in [0.29, 0.717) is 0 Å². The Kier molecular flexibility index (Phi) is 7.26. The third kappa shape index (κ3) is 9.50. The highest BCUT2D eigenvalue weighted by Crippen LogP contribution is 1.81. The van der Waals surface area contributed by atoms with Crippen LogP contribution in [0.1, 0.15) is 19.8 Å². The molecule has 1 N–H and O–H groups in total. The Morgan fingerprint density at radius 1 is 1.36 bits per heavy atom. The molecule has 0 aliphatic carbocycles. The van der Waals surface area contributed by atoms with Crippen LogP contribution in [0.25, 0.3) is 0 Å². The maximum Gasteiger partial charge on any atom is 0.0153 e. The fourth-order valence-corrected chi connectivity index (χ4v) is 0.782. The molecular formula is C9H20N2. The van der Waals surface area contributed by atoms with E-state index in [4.69, 9.17) is 0 Å². The number of allylic oxidation sites excluding steroid dienone is 1. The molecule has 0 amide bonds. The molecule has 0 heterocycles. The minimum absolute atomic E-state index is 1.08. The van der Waals surface area contributed by atoms with Gasteiger partial charge in [0.2, 0.25) is 0 Å². The second-order valence-electron chi connectivity index (χ2n) is 2.92. The van der Waals surface area contributed by atoms with Gasteiger partial charge < -0.3 is 10.2 Å². The topological polar surface area (TPSA) is 15.3 Å². The van der Waals surface area contributed by atoms with Gasteiger partial charge in [-0.1, -0.05) is 13.0 Å². The van der Waals surface area contributed by atoms with Gasteiger partial charge in [0.1, 0.15) is 0 Å². The summed E-state index contributed by atoms with van der Waals surface area (Å²) in [6.45, 7) is 4.37. The lowest BCUT2D eigenvalue weighted by molar-refractivity contribution is 0.399. The summed E-state index contributed by atoms with van der Waals surface area (Å²) in [6, 6.07) is 0. The van der Waals surface area contributed by atoms with Crippen molar-refractivity contribution in [2.45, 2.75) is 19.8 Å². The Labute approximate surface area is 70.3 Å². The van der Waals surface area contributed by atoms with E-state index in [2.05, 4.69) is 37.3 Å². The van der Waals surface area contributed by atoms with E-state index in [0.717, 1.165) is 19.5 Å². The van der Waals surface area contributed by atoms with Crippen molar-refractivity contribution in [3.8, 4) is 0 Å². The molecule has 0 aromatic carbocycles. The molecule has 2 nitrogen and oxygen atoms in total. The zero-order valence-corrected chi connectivity index (χ0v) is 7.93. The first-order chi connectivity index (χ1) is 5.27. The molecule has 0 atom stereocenters. The number of hydrogen-bond donors (Lipinski definition) is 1. The van der Waals surface area contributed by atoms with Gasteiger partial charge in [0, 0.05) is 6.54 Å². The summed E-state index contributed by atoms with van der Waals surface area (Å²) in [7, 11) is 4.20. The van der Waals surface area contributed by atoms with Crippen LogP contribution in [0.5, 0.6) is 0 Å². The molecule has 0 bridgehead atoms. The van der Waals surface area contributed by atoms with Crippen LogP contribution in [0.4, 0.5) is 0 Å². The average molecular weight is 156 g/mol. The highest BCUT2D eigenvalue weighted by molar-refractivity contribution is 4.77. The van der Waals surface area contributed by atoms with Gasteiger partial charge in [-0.05, 0) is 39.7 Å². The molecule has 0 aromatic heterocycles. The predicted octanol–water partition coefficient (Wildman–Crippen LogP) is 1.45. The first-order valence-electron chi connectivity index (χ1n) is 4.30. The summed E-state index contributed by atoms with van der Waals surface area (Å²) in [5.41, 5.74) is 0. The fraction of sp³-hybridized carbons (Fsp3) is 0.778. The Morgan fingerprint density at radius 2 is 2.09 bits per heavy atom. The maximum absolute atomic E-state index is 3.23. The Balaban J connectivity index is 2.96. The van der Waals surface area contributed by atoms with Crippen molar-refractivity contribution < 1.29 is 0 Å². The highest BCUT2D eigenvalue weighted by atomic mass is 15.0. The molecule has 2 heteroatoms. The van der Waals surface area contributed by atoms with Crippen LogP contribution < -0.4 is 5.32 Å². The van der Waals surface area contributed by atoms with E-state index < -0.39 is 0 Å². The lowest BCUT2D eigenvalue weighted by Gasteiger charge is -2.08. The summed E-state index contributed by atoms with van der Waals surface area (Å²) < 4.78 is 0. The monoisotopic (exact) mass is 156 g/mol. The van der Waals surface area contributed by atoms with Crippen molar-refractivity contribution >= 4 is 0 Å². The Hall–Kier alpha value is -0.500. The number of nitrogens with one attached hydrogen (secondary N) is 1. The van der Waals surface area contributed by atoms with Crippen LogP contribution >= 0.6 is 0 Å². The standard InChI is InChI=1S/C9H20N2/c1-4-5-7-10-8-6-9-11(2)3/h5,7,10H,4,6,8-9H2,1-3H3. The predicted molar refractivity (Wildman–Crippen MR) is 50.6 cm³/mol. The van der Waals surface area contributed by atoms with Crippen LogP contribution in [0.3, 0.4) is 0 Å². The van der Waals surface area contributed by atoms with Crippen molar-refractivity contribution in [3.63, 3.8) is 0 Å². The maximum atomic E-state index is 3.23. The van der Waals surface area contributed by atoms with Crippen molar-refractivity contribution in [2.75, 3.05) is 27.2 Å². The average Bonchev–Trinajstić information content (AvgIpc) is 1.96. The SMILES string of the molecule is CCC=CNCCCN(C)C. The van der Waals surface area contributed by atoms with Crippen molar-refractivity contribution in [1.82, 2.24) is 10.2 Å². The van der Waals surface area contributed by atoms with Gasteiger partial charge in [0.15, 0.2) is 0 Å². The van der Waals surface area contributed by atoms with Crippen molar-refractivity contribution in [1.29, 1.82) is 0 Å². The van der Waals surface area contributed by atoms with Crippen LogP contribution in [-0.4, -0.2) is 32.1 Å². The van der Waals surface area contributed by atoms with E-state index in [1.54, 1.807) is 0 Å². The Morgan fingerprint density at radius 3 is 2.64 bits per heavy atom. The highest BCUT2D eigenvalue weighted by Gasteiger charge is 1.86. The van der Waals surface area contributed by atoms with E-state index in [9.17, 15) is 0 Å². The molecule has 0 aromatic rings. The summed E-state index contributed by atoms with van der Waals surface area (Å²) >= 11 is 0. The van der Waals surface area contributed by atoms with Gasteiger partial charge in [0.05, 0.1) is 0 Å². The quantitative estimate of drug-likeness (QED) is 0.586. The normalized spacial score (nSPS) is 11.3. The van der Waals surface area contributed by atoms with Crippen molar-refractivity contribution in [2.24, 2.45) is 0 Å². The fourth-order valence-electron chi connectivity index (χ4n) is 0.782. The van der Waals surface area contributed by atoms with Gasteiger partial charge >= 0.3 is 0 Å². The van der Waals surface area contributed by atoms with Crippen LogP contribution in [0, 0.1) is 0 Å². The third-order valence-electron chi connectivity index (χ3n) is 1.40. The first-order valence-corrected chi connectivity index (χ1v) is 4.30. The number of nitrogens with zero attached hydrogens (tertiary/aromatic N) is 1. The zero-order chi connectivity index (χ0) is 8.53. The molecule has 0 rings (SSSR count). The minimum Gasteiger partial charge on any atom is -0.391 e. The molecule has 0 aliphatic rings. The summed E-state index contributed by atoms with van der Waals surface area (Å²) in [5, 5.41) is 3.23. The van der Waals surface area contributed by atoms with Crippen molar-refractivity contribution in [3.05, 3.63) is 12.3 Å². The third-order valence-corrected chi connectivity index (χ3v) is 1.40. The number of hydrogen-bond acceptors (Lipinski definition) is 2. The van der Waals surface area contributed by atoms with Gasteiger partial charge in [-0.2, -0.15) is 0 Å². The Bertz CT molecular complexity index is 97.7. The molecule has 11 heavy (non-hydrogen) atoms. The molecule has 66 valence electrons. The van der Waals surface area contributed by atoms with E-state index in [1.165, 1.54) is 6.42 Å². The van der Waals surface area contributed by atoms with Gasteiger partial charge in [-0.3, -0.25) is 0 Å². The van der Waals surface area contributed by atoms with E-state index >= 15 is 0 Å². The van der Waals surface area contributed by atoms with Crippen LogP contribution in [0.2, 0.25) is 0 Å². The molecule has 0 unspecified atom stereocenters. The first kappa shape index (κ1) is 10.5. The largest absolute Gasteiger partial charge is 0.391 e. The van der Waals surface area contributed by atoms with Gasteiger partial charge in [-0.15, -0.1) is 0 Å². The smallest absolute Gasteiger partial charge is 0.0153 e. The summed E-state index contributed by atoms with van der Waals surface area (Å²) in [6.07, 6.45) is 6.49. The van der Waals surface area contributed by atoms with Gasteiger partial charge in [-0.25, -0.2) is 0 Å². The van der Waals surface area contributed by atoms with Gasteiger partial charge in [0.25, 0.3) is 0 Å². The lowest BCUT2D eigenvalue weighted by atomic mass is 10.4. The summed E-state index contributed by atoms with van der Waals surface area (Å²) in [4.78, 5) is 2.20. The number of rotatable bonds is 6. The molecular weight excluding hydrogens is 136 g/mol. The van der Waals surface area contributed by atoms with Crippen LogP contribution in [0.15, 0.2) is 12.3 Å². The van der Waals surface area contributed by atoms with Crippen LogP contribution in [-0.2, 0) is 0 Å².